The summed E-state index contributed by atoms with van der Waals surface area (Å²) >= 11 is 0. The van der Waals surface area contributed by atoms with E-state index in [4.69, 9.17) is 10.5 Å². The lowest BCUT2D eigenvalue weighted by atomic mass is 10.1. The molecule has 0 aliphatic carbocycles. The monoisotopic (exact) mass is 315 g/mol. The van der Waals surface area contributed by atoms with Crippen LogP contribution in [-0.4, -0.2) is 7.05 Å². The Balaban J connectivity index is 2.31. The van der Waals surface area contributed by atoms with Gasteiger partial charge in [-0.15, -0.1) is 0 Å². The highest BCUT2D eigenvalue weighted by Crippen LogP contribution is 2.34. The van der Waals surface area contributed by atoms with Gasteiger partial charge in [0.1, 0.15) is 0 Å². The van der Waals surface area contributed by atoms with Gasteiger partial charge in [-0.3, -0.25) is 0 Å². The van der Waals surface area contributed by atoms with Gasteiger partial charge in [0.05, 0.1) is 28.8 Å². The van der Waals surface area contributed by atoms with Crippen LogP contribution in [0.15, 0.2) is 42.5 Å². The smallest absolute Gasteiger partial charge is 0.370 e. The van der Waals surface area contributed by atoms with Gasteiger partial charge in [0.2, 0.25) is 0 Å². The molecule has 0 atom stereocenters. The molecule has 2 aromatic carbocycles. The molecular weight excluding hydrogens is 303 g/mol. The molecule has 3 nitrogen and oxygen atoms in total. The molecule has 0 radical (unpaired) electrons. The van der Waals surface area contributed by atoms with E-state index in [-0.39, 0.29) is 0 Å². The molecule has 23 heavy (non-hydrogen) atoms. The number of rotatable bonds is 3. The highest BCUT2D eigenvalue weighted by molar-refractivity contribution is 5.54. The minimum atomic E-state index is -4.58. The maximum atomic E-state index is 13.0. The molecule has 0 N–H and O–H groups in total. The lowest BCUT2D eigenvalue weighted by Crippen LogP contribution is -2.18. The van der Waals surface area contributed by atoms with Gasteiger partial charge in [0, 0.05) is 19.3 Å². The zero-order valence-corrected chi connectivity index (χ0v) is 12.2. The average Bonchev–Trinajstić information content (AvgIpc) is 2.53. The van der Waals surface area contributed by atoms with Gasteiger partial charge < -0.3 is 4.90 Å². The van der Waals surface area contributed by atoms with E-state index in [0.717, 1.165) is 11.6 Å². The van der Waals surface area contributed by atoms with Crippen LogP contribution in [0.1, 0.15) is 22.3 Å². The van der Waals surface area contributed by atoms with E-state index in [1.165, 1.54) is 12.1 Å². The molecule has 0 fully saturated rings. The van der Waals surface area contributed by atoms with Crippen molar-refractivity contribution in [2.75, 3.05) is 11.9 Å². The van der Waals surface area contributed by atoms with E-state index < -0.39 is 17.3 Å². The zero-order valence-electron chi connectivity index (χ0n) is 12.2. The van der Waals surface area contributed by atoms with Crippen LogP contribution >= 0.6 is 0 Å². The molecule has 2 rings (SSSR count). The summed E-state index contributed by atoms with van der Waals surface area (Å²) in [4.78, 5) is 1.63. The van der Waals surface area contributed by atoms with E-state index in [2.05, 4.69) is 0 Å². The molecule has 116 valence electrons. The number of halogens is 3. The van der Waals surface area contributed by atoms with E-state index >= 15 is 0 Å². The van der Waals surface area contributed by atoms with Crippen LogP contribution in [0.3, 0.4) is 0 Å². The lowest BCUT2D eigenvalue weighted by molar-refractivity contribution is -0.137. The summed E-state index contributed by atoms with van der Waals surface area (Å²) < 4.78 is 39.0. The van der Waals surface area contributed by atoms with Crippen molar-refractivity contribution in [3.8, 4) is 12.1 Å². The predicted octanol–water partition coefficient (Wildman–Crippen LogP) is 4.09. The molecule has 2 aromatic rings. The van der Waals surface area contributed by atoms with Gasteiger partial charge >= 0.3 is 6.18 Å². The molecule has 0 aliphatic rings. The highest BCUT2D eigenvalue weighted by atomic mass is 19.4. The van der Waals surface area contributed by atoms with Crippen molar-refractivity contribution < 1.29 is 13.2 Å². The second-order valence-electron chi connectivity index (χ2n) is 5.01. The van der Waals surface area contributed by atoms with Crippen LogP contribution < -0.4 is 4.90 Å². The second kappa shape index (κ2) is 6.41. The quantitative estimate of drug-likeness (QED) is 0.857. The van der Waals surface area contributed by atoms with Crippen LogP contribution in [0.5, 0.6) is 0 Å². The fourth-order valence-corrected chi connectivity index (χ4v) is 2.21. The van der Waals surface area contributed by atoms with Gasteiger partial charge in [-0.25, -0.2) is 0 Å². The molecule has 0 amide bonds. The van der Waals surface area contributed by atoms with Crippen molar-refractivity contribution in [3.05, 3.63) is 64.7 Å². The molecule has 0 saturated heterocycles. The van der Waals surface area contributed by atoms with Crippen LogP contribution in [0.4, 0.5) is 18.9 Å². The van der Waals surface area contributed by atoms with Crippen molar-refractivity contribution in [3.63, 3.8) is 0 Å². The maximum absolute atomic E-state index is 13.0. The number of hydrogen-bond donors (Lipinski definition) is 0. The number of benzene rings is 2. The minimum Gasteiger partial charge on any atom is -0.370 e. The maximum Gasteiger partial charge on any atom is 0.417 e. The van der Waals surface area contributed by atoms with Crippen LogP contribution in [0.25, 0.3) is 0 Å². The Morgan fingerprint density at radius 1 is 1.04 bits per heavy atom. The summed E-state index contributed by atoms with van der Waals surface area (Å²) in [5.41, 5.74) is 0.297. The predicted molar refractivity (Wildman–Crippen MR) is 79.4 cm³/mol. The van der Waals surface area contributed by atoms with Gasteiger partial charge in [-0.05, 0) is 35.9 Å². The Kier molecular flexibility index (Phi) is 4.57. The van der Waals surface area contributed by atoms with E-state index in [9.17, 15) is 13.2 Å². The summed E-state index contributed by atoms with van der Waals surface area (Å²) in [6.07, 6.45) is -4.58. The number of hydrogen-bond acceptors (Lipinski definition) is 3. The topological polar surface area (TPSA) is 50.8 Å². The van der Waals surface area contributed by atoms with E-state index in [0.29, 0.717) is 17.8 Å². The van der Waals surface area contributed by atoms with Crippen molar-refractivity contribution in [2.45, 2.75) is 12.7 Å². The molecule has 0 bridgehead atoms. The summed E-state index contributed by atoms with van der Waals surface area (Å²) in [5, 5.41) is 17.7. The van der Waals surface area contributed by atoms with Crippen molar-refractivity contribution in [2.24, 2.45) is 0 Å². The van der Waals surface area contributed by atoms with Crippen LogP contribution in [0, 0.1) is 22.7 Å². The first kappa shape index (κ1) is 16.4. The lowest BCUT2D eigenvalue weighted by Gasteiger charge is -2.21. The molecule has 0 aromatic heterocycles. The first-order chi connectivity index (χ1) is 10.8. The highest BCUT2D eigenvalue weighted by Gasteiger charge is 2.34. The third-order valence-electron chi connectivity index (χ3n) is 3.35. The first-order valence-corrected chi connectivity index (χ1v) is 6.66. The Hall–Kier alpha value is -2.99. The Labute approximate surface area is 131 Å². The summed E-state index contributed by atoms with van der Waals surface area (Å²) in [6.45, 7) is 0.346. The minimum absolute atomic E-state index is 0.346. The average molecular weight is 315 g/mol. The molecule has 0 heterocycles. The molecule has 6 heteroatoms. The number of anilines is 1. The summed E-state index contributed by atoms with van der Waals surface area (Å²) in [5.74, 6) is 0. The van der Waals surface area contributed by atoms with Crippen molar-refractivity contribution in [1.29, 1.82) is 10.5 Å². The van der Waals surface area contributed by atoms with Gasteiger partial charge in [0.25, 0.3) is 0 Å². The number of nitrogens with zero attached hydrogens (tertiary/aromatic N) is 3. The van der Waals surface area contributed by atoms with Crippen LogP contribution in [0.2, 0.25) is 0 Å². The summed E-state index contributed by atoms with van der Waals surface area (Å²) in [7, 11) is 1.65. The van der Waals surface area contributed by atoms with Crippen molar-refractivity contribution >= 4 is 5.69 Å². The fraction of sp³-hybridized carbons (Fsp3) is 0.176. The van der Waals surface area contributed by atoms with E-state index in [1.54, 1.807) is 42.3 Å². The van der Waals surface area contributed by atoms with Gasteiger partial charge in [0.15, 0.2) is 0 Å². The number of alkyl halides is 3. The molecule has 0 unspecified atom stereocenters. The largest absolute Gasteiger partial charge is 0.417 e. The van der Waals surface area contributed by atoms with Crippen molar-refractivity contribution in [1.82, 2.24) is 0 Å². The van der Waals surface area contributed by atoms with Gasteiger partial charge in [-0.2, -0.15) is 23.7 Å². The number of nitriles is 2. The van der Waals surface area contributed by atoms with Crippen LogP contribution in [-0.2, 0) is 12.7 Å². The summed E-state index contributed by atoms with van der Waals surface area (Å²) in [6, 6.07) is 14.1. The van der Waals surface area contributed by atoms with Gasteiger partial charge in [-0.1, -0.05) is 12.1 Å². The molecule has 0 saturated carbocycles. The second-order valence-corrected chi connectivity index (χ2v) is 5.01. The third kappa shape index (κ3) is 3.81. The fourth-order valence-electron chi connectivity index (χ4n) is 2.21. The Morgan fingerprint density at radius 2 is 1.78 bits per heavy atom. The standard InChI is InChI=1S/C17H12F3N3/c1-23(11-13-4-2-3-12(7-13)9-21)15-6-5-14(10-22)16(8-15)17(18,19)20/h2-8H,11H2,1H3. The first-order valence-electron chi connectivity index (χ1n) is 6.66. The SMILES string of the molecule is CN(Cc1cccc(C#N)c1)c1ccc(C#N)c(C(F)(F)F)c1. The third-order valence-corrected chi connectivity index (χ3v) is 3.35. The van der Waals surface area contributed by atoms with E-state index in [1.807, 2.05) is 6.07 Å². The molecule has 0 aliphatic heterocycles. The Morgan fingerprint density at radius 3 is 2.39 bits per heavy atom. The normalized spacial score (nSPS) is 10.7. The zero-order chi connectivity index (χ0) is 17.0. The molecular formula is C17H12F3N3. The molecule has 0 spiro atoms. The Bertz CT molecular complexity index is 798.